The number of amides is 1. The highest BCUT2D eigenvalue weighted by molar-refractivity contribution is 6.10. The molecule has 0 bridgehead atoms. The SMILES string of the molecule is CCOC(=O)C1(C(=O)OCC)C(C)CC(=O)N1CC. The Kier molecular flexibility index (Phi) is 4.91. The van der Waals surface area contributed by atoms with Crippen LogP contribution < -0.4 is 0 Å². The smallest absolute Gasteiger partial charge is 0.344 e. The molecule has 1 unspecified atom stereocenters. The summed E-state index contributed by atoms with van der Waals surface area (Å²) in [5.41, 5.74) is -1.63. The number of carbonyl (C=O) groups is 3. The third-order valence-electron chi connectivity index (χ3n) is 3.41. The van der Waals surface area contributed by atoms with Gasteiger partial charge in [0.05, 0.1) is 13.2 Å². The monoisotopic (exact) mass is 271 g/mol. The van der Waals surface area contributed by atoms with Gasteiger partial charge >= 0.3 is 11.9 Å². The Bertz CT molecular complexity index is 361. The van der Waals surface area contributed by atoms with Gasteiger partial charge in [0.25, 0.3) is 0 Å². The minimum atomic E-state index is -1.63. The van der Waals surface area contributed by atoms with E-state index >= 15 is 0 Å². The van der Waals surface area contributed by atoms with Crippen molar-refractivity contribution in [1.82, 2.24) is 4.90 Å². The quantitative estimate of drug-likeness (QED) is 0.544. The van der Waals surface area contributed by atoms with Crippen molar-refractivity contribution in [3.63, 3.8) is 0 Å². The van der Waals surface area contributed by atoms with Crippen LogP contribution in [0.3, 0.4) is 0 Å². The number of likely N-dealkylation sites (N-methyl/N-ethyl adjacent to an activating group) is 1. The van der Waals surface area contributed by atoms with Gasteiger partial charge in [0.2, 0.25) is 11.4 Å². The Morgan fingerprint density at radius 3 is 2.05 bits per heavy atom. The third kappa shape index (κ3) is 2.31. The molecular formula is C13H21NO5. The Labute approximate surface area is 113 Å². The first kappa shape index (κ1) is 15.5. The molecule has 0 aromatic rings. The maximum absolute atomic E-state index is 12.3. The van der Waals surface area contributed by atoms with E-state index in [2.05, 4.69) is 0 Å². The fourth-order valence-electron chi connectivity index (χ4n) is 2.60. The lowest BCUT2D eigenvalue weighted by Gasteiger charge is -2.35. The van der Waals surface area contributed by atoms with Gasteiger partial charge in [0.1, 0.15) is 0 Å². The average Bonchev–Trinajstić information content (AvgIpc) is 2.61. The zero-order valence-electron chi connectivity index (χ0n) is 11.9. The first-order valence-electron chi connectivity index (χ1n) is 6.61. The van der Waals surface area contributed by atoms with Gasteiger partial charge in [-0.15, -0.1) is 0 Å². The van der Waals surface area contributed by atoms with Crippen molar-refractivity contribution < 1.29 is 23.9 Å². The second-order valence-electron chi connectivity index (χ2n) is 4.45. The first-order chi connectivity index (χ1) is 8.96. The lowest BCUT2D eigenvalue weighted by molar-refractivity contribution is -0.177. The van der Waals surface area contributed by atoms with E-state index in [1.807, 2.05) is 0 Å². The van der Waals surface area contributed by atoms with Crippen LogP contribution in [0.25, 0.3) is 0 Å². The summed E-state index contributed by atoms with van der Waals surface area (Å²) in [6.07, 6.45) is 0.144. The highest BCUT2D eigenvalue weighted by atomic mass is 16.6. The average molecular weight is 271 g/mol. The van der Waals surface area contributed by atoms with Gasteiger partial charge in [-0.05, 0) is 20.8 Å². The second-order valence-corrected chi connectivity index (χ2v) is 4.45. The van der Waals surface area contributed by atoms with E-state index in [4.69, 9.17) is 9.47 Å². The summed E-state index contributed by atoms with van der Waals surface area (Å²) in [6, 6.07) is 0. The van der Waals surface area contributed by atoms with Crippen molar-refractivity contribution in [3.05, 3.63) is 0 Å². The number of nitrogens with zero attached hydrogens (tertiary/aromatic N) is 1. The molecule has 1 aliphatic rings. The van der Waals surface area contributed by atoms with Crippen LogP contribution in [-0.4, -0.2) is 48.0 Å². The molecule has 0 aromatic heterocycles. The molecule has 0 aliphatic carbocycles. The van der Waals surface area contributed by atoms with E-state index in [9.17, 15) is 14.4 Å². The van der Waals surface area contributed by atoms with Crippen molar-refractivity contribution in [3.8, 4) is 0 Å². The van der Waals surface area contributed by atoms with Crippen LogP contribution >= 0.6 is 0 Å². The summed E-state index contributed by atoms with van der Waals surface area (Å²) >= 11 is 0. The lowest BCUT2D eigenvalue weighted by atomic mass is 9.86. The van der Waals surface area contributed by atoms with Crippen molar-refractivity contribution in [2.24, 2.45) is 5.92 Å². The van der Waals surface area contributed by atoms with Crippen LogP contribution in [0.5, 0.6) is 0 Å². The molecule has 0 spiro atoms. The summed E-state index contributed by atoms with van der Waals surface area (Å²) in [7, 11) is 0. The highest BCUT2D eigenvalue weighted by Crippen LogP contribution is 2.38. The molecule has 1 amide bonds. The predicted octanol–water partition coefficient (Wildman–Crippen LogP) is 0.740. The summed E-state index contributed by atoms with van der Waals surface area (Å²) in [6.45, 7) is 7.31. The maximum Gasteiger partial charge on any atom is 0.344 e. The van der Waals surface area contributed by atoms with Gasteiger partial charge in [-0.3, -0.25) is 4.79 Å². The van der Waals surface area contributed by atoms with Gasteiger partial charge in [-0.2, -0.15) is 0 Å². The van der Waals surface area contributed by atoms with Crippen molar-refractivity contribution in [2.45, 2.75) is 39.7 Å². The molecule has 0 aromatic carbocycles. The molecule has 1 fully saturated rings. The molecule has 1 saturated heterocycles. The molecule has 0 saturated carbocycles. The number of hydrogen-bond acceptors (Lipinski definition) is 5. The molecule has 6 nitrogen and oxygen atoms in total. The molecule has 19 heavy (non-hydrogen) atoms. The van der Waals surface area contributed by atoms with Crippen LogP contribution in [0.1, 0.15) is 34.1 Å². The van der Waals surface area contributed by atoms with E-state index in [0.29, 0.717) is 0 Å². The molecule has 108 valence electrons. The Hall–Kier alpha value is -1.59. The van der Waals surface area contributed by atoms with E-state index in [-0.39, 0.29) is 32.1 Å². The summed E-state index contributed by atoms with van der Waals surface area (Å²) in [5, 5.41) is 0. The number of rotatable bonds is 5. The molecule has 1 heterocycles. The molecule has 0 N–H and O–H groups in total. The number of likely N-dealkylation sites (tertiary alicyclic amines) is 1. The van der Waals surface area contributed by atoms with Crippen molar-refractivity contribution in [2.75, 3.05) is 19.8 Å². The zero-order valence-corrected chi connectivity index (χ0v) is 11.9. The Balaban J connectivity index is 3.27. The highest BCUT2D eigenvalue weighted by Gasteiger charge is 2.63. The van der Waals surface area contributed by atoms with Crippen LogP contribution in [0.15, 0.2) is 0 Å². The maximum atomic E-state index is 12.3. The van der Waals surface area contributed by atoms with Gasteiger partial charge in [0.15, 0.2) is 0 Å². The number of carbonyl (C=O) groups excluding carboxylic acids is 3. The number of esters is 2. The Morgan fingerprint density at radius 1 is 1.21 bits per heavy atom. The van der Waals surface area contributed by atoms with E-state index < -0.39 is 23.4 Å². The zero-order chi connectivity index (χ0) is 14.6. The fourth-order valence-corrected chi connectivity index (χ4v) is 2.60. The van der Waals surface area contributed by atoms with E-state index in [1.165, 1.54) is 4.90 Å². The van der Waals surface area contributed by atoms with Crippen LogP contribution in [0.4, 0.5) is 0 Å². The lowest BCUT2D eigenvalue weighted by Crippen LogP contribution is -2.61. The molecular weight excluding hydrogens is 250 g/mol. The summed E-state index contributed by atoms with van der Waals surface area (Å²) in [4.78, 5) is 37.8. The van der Waals surface area contributed by atoms with Crippen LogP contribution in [-0.2, 0) is 23.9 Å². The largest absolute Gasteiger partial charge is 0.464 e. The molecule has 1 rings (SSSR count). The van der Waals surface area contributed by atoms with Crippen molar-refractivity contribution >= 4 is 17.8 Å². The normalized spacial score (nSPS) is 21.4. The Morgan fingerprint density at radius 2 is 1.68 bits per heavy atom. The molecule has 1 aliphatic heterocycles. The molecule has 6 heteroatoms. The molecule has 1 atom stereocenters. The van der Waals surface area contributed by atoms with Gasteiger partial charge in [-0.1, -0.05) is 6.92 Å². The topological polar surface area (TPSA) is 72.9 Å². The minimum Gasteiger partial charge on any atom is -0.464 e. The standard InChI is InChI=1S/C13H21NO5/c1-5-14-10(15)8-9(4)13(14,11(16)18-6-2)12(17)19-7-3/h9H,5-8H2,1-4H3. The van der Waals surface area contributed by atoms with Gasteiger partial charge in [-0.25, -0.2) is 9.59 Å². The number of ether oxygens (including phenoxy) is 2. The summed E-state index contributed by atoms with van der Waals surface area (Å²) < 4.78 is 10.0. The van der Waals surface area contributed by atoms with Crippen LogP contribution in [0, 0.1) is 5.92 Å². The van der Waals surface area contributed by atoms with Gasteiger partial charge in [0, 0.05) is 18.9 Å². The fraction of sp³-hybridized carbons (Fsp3) is 0.769. The van der Waals surface area contributed by atoms with Crippen LogP contribution in [0.2, 0.25) is 0 Å². The molecule has 0 radical (unpaired) electrons. The minimum absolute atomic E-state index is 0.144. The summed E-state index contributed by atoms with van der Waals surface area (Å²) in [5.74, 6) is -2.09. The first-order valence-corrected chi connectivity index (χ1v) is 6.61. The third-order valence-corrected chi connectivity index (χ3v) is 3.41. The van der Waals surface area contributed by atoms with E-state index in [1.54, 1.807) is 27.7 Å². The van der Waals surface area contributed by atoms with Crippen molar-refractivity contribution in [1.29, 1.82) is 0 Å². The predicted molar refractivity (Wildman–Crippen MR) is 67.2 cm³/mol. The number of hydrogen-bond donors (Lipinski definition) is 0. The van der Waals surface area contributed by atoms with E-state index in [0.717, 1.165) is 0 Å². The second kappa shape index (κ2) is 6.04. The van der Waals surface area contributed by atoms with Gasteiger partial charge < -0.3 is 14.4 Å².